The van der Waals surface area contributed by atoms with Crippen molar-refractivity contribution in [3.8, 4) is 0 Å². The van der Waals surface area contributed by atoms with Gasteiger partial charge in [0, 0.05) is 43.3 Å². The third-order valence-corrected chi connectivity index (χ3v) is 5.21. The van der Waals surface area contributed by atoms with Crippen LogP contribution in [0, 0.1) is 5.92 Å². The van der Waals surface area contributed by atoms with E-state index in [0.29, 0.717) is 6.04 Å². The Hall–Kier alpha value is -1.09. The van der Waals surface area contributed by atoms with Crippen LogP contribution in [-0.4, -0.2) is 30.7 Å². The molecule has 3 heteroatoms. The molecule has 19 heavy (non-hydrogen) atoms. The molecule has 2 fully saturated rings. The van der Waals surface area contributed by atoms with Crippen LogP contribution >= 0.6 is 0 Å². The Balaban J connectivity index is 1.64. The minimum absolute atomic E-state index is 0.709. The van der Waals surface area contributed by atoms with Crippen LogP contribution in [0.25, 0.3) is 0 Å². The number of hydrogen-bond donors (Lipinski definition) is 1. The summed E-state index contributed by atoms with van der Waals surface area (Å²) in [5, 5.41) is 3.52. The number of rotatable bonds is 2. The van der Waals surface area contributed by atoms with Crippen molar-refractivity contribution < 1.29 is 0 Å². The molecule has 1 atom stereocenters. The third-order valence-electron chi connectivity index (χ3n) is 5.21. The van der Waals surface area contributed by atoms with Gasteiger partial charge in [-0.2, -0.15) is 0 Å². The predicted molar refractivity (Wildman–Crippen MR) is 77.6 cm³/mol. The lowest BCUT2D eigenvalue weighted by atomic mass is 9.80. The molecule has 1 aromatic heterocycles. The van der Waals surface area contributed by atoms with E-state index in [1.807, 2.05) is 6.20 Å². The van der Waals surface area contributed by atoms with Crippen LogP contribution in [0.3, 0.4) is 0 Å². The lowest BCUT2D eigenvalue weighted by Crippen LogP contribution is -2.53. The van der Waals surface area contributed by atoms with Gasteiger partial charge in [0.2, 0.25) is 0 Å². The number of anilines is 1. The Labute approximate surface area is 115 Å². The quantitative estimate of drug-likeness (QED) is 0.880. The zero-order valence-corrected chi connectivity index (χ0v) is 11.6. The first-order valence-electron chi connectivity index (χ1n) is 7.86. The van der Waals surface area contributed by atoms with Gasteiger partial charge in [0.05, 0.1) is 0 Å². The maximum Gasteiger partial charge on any atom is 0.0458 e. The number of nitrogens with zero attached hydrogens (tertiary/aromatic N) is 2. The van der Waals surface area contributed by atoms with Crippen molar-refractivity contribution in [2.45, 2.75) is 44.6 Å². The van der Waals surface area contributed by atoms with Crippen molar-refractivity contribution in [2.24, 2.45) is 5.92 Å². The number of fused-ring (bicyclic) bond motifs is 3. The fraction of sp³-hybridized carbons (Fsp3) is 0.688. The first-order valence-corrected chi connectivity index (χ1v) is 7.86. The monoisotopic (exact) mass is 257 g/mol. The summed E-state index contributed by atoms with van der Waals surface area (Å²) < 4.78 is 0. The molecule has 1 unspecified atom stereocenters. The standard InChI is InChI=1S/C16H23N3/c1-2-12(3-1)10-15-14-5-4-13-11-17-8-9-19(13)16(14)6-7-18-15/h6-7,12-13,17H,1-5,8-11H2. The van der Waals surface area contributed by atoms with Crippen LogP contribution in [0.4, 0.5) is 5.69 Å². The number of piperazine rings is 1. The molecule has 1 aliphatic carbocycles. The summed E-state index contributed by atoms with van der Waals surface area (Å²) in [6.07, 6.45) is 10.1. The average molecular weight is 257 g/mol. The maximum absolute atomic E-state index is 4.71. The van der Waals surface area contributed by atoms with Gasteiger partial charge >= 0.3 is 0 Å². The zero-order valence-electron chi connectivity index (χ0n) is 11.6. The van der Waals surface area contributed by atoms with Gasteiger partial charge in [-0.25, -0.2) is 0 Å². The number of pyridine rings is 1. The van der Waals surface area contributed by atoms with Crippen molar-refractivity contribution in [3.05, 3.63) is 23.5 Å². The normalized spacial score (nSPS) is 26.5. The van der Waals surface area contributed by atoms with Crippen molar-refractivity contribution >= 4 is 5.69 Å². The van der Waals surface area contributed by atoms with E-state index in [1.165, 1.54) is 49.9 Å². The predicted octanol–water partition coefficient (Wildman–Crippen LogP) is 2.15. The van der Waals surface area contributed by atoms with Crippen LogP contribution in [-0.2, 0) is 12.8 Å². The number of hydrogen-bond acceptors (Lipinski definition) is 3. The van der Waals surface area contributed by atoms with E-state index in [1.54, 1.807) is 5.56 Å². The Morgan fingerprint density at radius 1 is 1.32 bits per heavy atom. The molecular weight excluding hydrogens is 234 g/mol. The smallest absolute Gasteiger partial charge is 0.0458 e. The maximum atomic E-state index is 4.71. The van der Waals surface area contributed by atoms with Crippen LogP contribution in [0.15, 0.2) is 12.3 Å². The molecule has 3 heterocycles. The van der Waals surface area contributed by atoms with Gasteiger partial charge in [-0.15, -0.1) is 0 Å². The summed E-state index contributed by atoms with van der Waals surface area (Å²) in [5.41, 5.74) is 4.45. The van der Waals surface area contributed by atoms with E-state index >= 15 is 0 Å². The van der Waals surface area contributed by atoms with E-state index < -0.39 is 0 Å². The Morgan fingerprint density at radius 2 is 2.26 bits per heavy atom. The lowest BCUT2D eigenvalue weighted by molar-refractivity contribution is 0.310. The molecule has 0 bridgehead atoms. The first kappa shape index (κ1) is 11.7. The second-order valence-electron chi connectivity index (χ2n) is 6.35. The van der Waals surface area contributed by atoms with Crippen molar-refractivity contribution in [1.82, 2.24) is 10.3 Å². The molecule has 1 saturated heterocycles. The Kier molecular flexibility index (Phi) is 2.95. The Morgan fingerprint density at radius 3 is 3.11 bits per heavy atom. The molecule has 1 N–H and O–H groups in total. The second-order valence-corrected chi connectivity index (χ2v) is 6.35. The molecule has 1 saturated carbocycles. The molecule has 3 nitrogen and oxygen atoms in total. The zero-order chi connectivity index (χ0) is 12.7. The summed E-state index contributed by atoms with van der Waals surface area (Å²) in [5.74, 6) is 0.916. The summed E-state index contributed by atoms with van der Waals surface area (Å²) >= 11 is 0. The molecule has 0 amide bonds. The largest absolute Gasteiger partial charge is 0.366 e. The minimum Gasteiger partial charge on any atom is -0.366 e. The molecule has 2 aliphatic heterocycles. The topological polar surface area (TPSA) is 28.2 Å². The fourth-order valence-corrected chi connectivity index (χ4v) is 3.86. The van der Waals surface area contributed by atoms with Gasteiger partial charge < -0.3 is 10.2 Å². The summed E-state index contributed by atoms with van der Waals surface area (Å²) in [6.45, 7) is 3.43. The van der Waals surface area contributed by atoms with Crippen LogP contribution in [0.1, 0.15) is 36.9 Å². The van der Waals surface area contributed by atoms with Crippen LogP contribution in [0.2, 0.25) is 0 Å². The third kappa shape index (κ3) is 2.04. The molecule has 4 rings (SSSR count). The van der Waals surface area contributed by atoms with Gasteiger partial charge in [0.1, 0.15) is 0 Å². The fourth-order valence-electron chi connectivity index (χ4n) is 3.86. The summed E-state index contributed by atoms with van der Waals surface area (Å²) in [7, 11) is 0. The number of aromatic nitrogens is 1. The van der Waals surface area contributed by atoms with Gasteiger partial charge in [-0.3, -0.25) is 4.98 Å². The van der Waals surface area contributed by atoms with Gasteiger partial charge in [0.15, 0.2) is 0 Å². The van der Waals surface area contributed by atoms with Crippen LogP contribution < -0.4 is 10.2 Å². The lowest BCUT2D eigenvalue weighted by Gasteiger charge is -2.43. The molecule has 1 aromatic rings. The number of nitrogens with one attached hydrogen (secondary N) is 1. The molecule has 0 spiro atoms. The highest BCUT2D eigenvalue weighted by Gasteiger charge is 2.30. The SMILES string of the molecule is c1cc2c(c(CC3CCC3)n1)CCC1CNCCN21. The van der Waals surface area contributed by atoms with Crippen LogP contribution in [0.5, 0.6) is 0 Å². The second kappa shape index (κ2) is 4.78. The van der Waals surface area contributed by atoms with Gasteiger partial charge in [0.25, 0.3) is 0 Å². The van der Waals surface area contributed by atoms with Crippen molar-refractivity contribution in [3.63, 3.8) is 0 Å². The molecule has 0 radical (unpaired) electrons. The minimum atomic E-state index is 0.709. The van der Waals surface area contributed by atoms with E-state index in [4.69, 9.17) is 4.98 Å². The van der Waals surface area contributed by atoms with Gasteiger partial charge in [-0.05, 0) is 36.8 Å². The molecule has 0 aromatic carbocycles. The molecule has 102 valence electrons. The van der Waals surface area contributed by atoms with Gasteiger partial charge in [-0.1, -0.05) is 19.3 Å². The average Bonchev–Trinajstić information content (AvgIpc) is 2.42. The Bertz CT molecular complexity index is 467. The van der Waals surface area contributed by atoms with E-state index in [0.717, 1.165) is 25.6 Å². The highest BCUT2D eigenvalue weighted by atomic mass is 15.2. The summed E-state index contributed by atoms with van der Waals surface area (Å²) in [4.78, 5) is 7.34. The van der Waals surface area contributed by atoms with E-state index in [-0.39, 0.29) is 0 Å². The van der Waals surface area contributed by atoms with Crippen molar-refractivity contribution in [1.29, 1.82) is 0 Å². The molecular formula is C16H23N3. The van der Waals surface area contributed by atoms with E-state index in [9.17, 15) is 0 Å². The highest BCUT2D eigenvalue weighted by molar-refractivity contribution is 5.58. The van der Waals surface area contributed by atoms with Crippen molar-refractivity contribution in [2.75, 3.05) is 24.5 Å². The first-order chi connectivity index (χ1) is 9.42. The molecule has 3 aliphatic rings. The summed E-state index contributed by atoms with van der Waals surface area (Å²) in [6, 6.07) is 2.96. The van der Waals surface area contributed by atoms with E-state index in [2.05, 4.69) is 16.3 Å². The highest BCUT2D eigenvalue weighted by Crippen LogP contribution is 2.36.